The lowest BCUT2D eigenvalue weighted by Crippen LogP contribution is -2.33. The summed E-state index contributed by atoms with van der Waals surface area (Å²) in [5.74, 6) is 0.303. The van der Waals surface area contributed by atoms with E-state index in [1.165, 1.54) is 0 Å². The Bertz CT molecular complexity index is 462. The van der Waals surface area contributed by atoms with Gasteiger partial charge in [-0.2, -0.15) is 0 Å². The van der Waals surface area contributed by atoms with Crippen molar-refractivity contribution in [3.63, 3.8) is 0 Å². The monoisotopic (exact) mass is 286 g/mol. The second-order valence-corrected chi connectivity index (χ2v) is 5.55. The number of hydrogen-bond donors (Lipinski definition) is 1. The fourth-order valence-corrected chi connectivity index (χ4v) is 2.62. The maximum atomic E-state index is 12.3. The van der Waals surface area contributed by atoms with E-state index in [-0.39, 0.29) is 11.9 Å². The van der Waals surface area contributed by atoms with Crippen LogP contribution in [0.2, 0.25) is 10.0 Å². The first kappa shape index (κ1) is 13.7. The first-order chi connectivity index (χ1) is 8.50. The van der Waals surface area contributed by atoms with Crippen LogP contribution in [0.5, 0.6) is 0 Å². The first-order valence-electron chi connectivity index (χ1n) is 5.99. The molecule has 0 radical (unpaired) electrons. The maximum Gasteiger partial charge on any atom is 0.255 e. The van der Waals surface area contributed by atoms with E-state index in [4.69, 9.17) is 28.9 Å². The van der Waals surface area contributed by atoms with Crippen LogP contribution in [0.4, 0.5) is 0 Å². The summed E-state index contributed by atoms with van der Waals surface area (Å²) in [6.45, 7) is 3.40. The molecule has 98 valence electrons. The van der Waals surface area contributed by atoms with Gasteiger partial charge in [0.2, 0.25) is 0 Å². The molecular formula is C13H16Cl2N2O. The van der Waals surface area contributed by atoms with Crippen LogP contribution in [-0.4, -0.2) is 29.9 Å². The molecule has 2 N–H and O–H groups in total. The van der Waals surface area contributed by atoms with Gasteiger partial charge in [0.05, 0.1) is 15.6 Å². The fourth-order valence-electron chi connectivity index (χ4n) is 2.24. The van der Waals surface area contributed by atoms with Gasteiger partial charge in [0, 0.05) is 19.1 Å². The number of nitrogens with two attached hydrogens (primary N) is 1. The Morgan fingerprint density at radius 3 is 2.83 bits per heavy atom. The van der Waals surface area contributed by atoms with Crippen molar-refractivity contribution < 1.29 is 4.79 Å². The van der Waals surface area contributed by atoms with Crippen molar-refractivity contribution in [1.82, 2.24) is 4.90 Å². The molecule has 1 amide bonds. The third-order valence-electron chi connectivity index (χ3n) is 3.44. The normalized spacial score (nSPS) is 21.1. The molecule has 0 bridgehead atoms. The van der Waals surface area contributed by atoms with Crippen LogP contribution >= 0.6 is 23.2 Å². The summed E-state index contributed by atoms with van der Waals surface area (Å²) in [5.41, 5.74) is 6.33. The molecule has 0 saturated carbocycles. The molecule has 3 nitrogen and oxygen atoms in total. The molecule has 0 aromatic heterocycles. The van der Waals surface area contributed by atoms with E-state index >= 15 is 0 Å². The van der Waals surface area contributed by atoms with Crippen LogP contribution in [0.15, 0.2) is 18.2 Å². The molecule has 18 heavy (non-hydrogen) atoms. The first-order valence-corrected chi connectivity index (χ1v) is 6.75. The summed E-state index contributed by atoms with van der Waals surface area (Å²) in [5, 5.41) is 0.735. The number of likely N-dealkylation sites (tertiary alicyclic amines) is 1. The van der Waals surface area contributed by atoms with Crippen molar-refractivity contribution in [3.05, 3.63) is 33.8 Å². The van der Waals surface area contributed by atoms with Crippen LogP contribution in [0.1, 0.15) is 23.7 Å². The molecule has 1 saturated heterocycles. The van der Waals surface area contributed by atoms with E-state index in [1.54, 1.807) is 23.1 Å². The van der Waals surface area contributed by atoms with Crippen molar-refractivity contribution in [3.8, 4) is 0 Å². The number of nitrogens with zero attached hydrogens (tertiary/aromatic N) is 1. The maximum absolute atomic E-state index is 12.3. The summed E-state index contributed by atoms with van der Waals surface area (Å²) in [4.78, 5) is 14.1. The molecule has 1 aromatic carbocycles. The van der Waals surface area contributed by atoms with Crippen LogP contribution in [0.25, 0.3) is 0 Å². The molecule has 0 spiro atoms. The third kappa shape index (κ3) is 2.63. The number of carbonyl (C=O) groups excluding carboxylic acids is 1. The summed E-state index contributed by atoms with van der Waals surface area (Å²) in [7, 11) is 0. The number of carbonyl (C=O) groups is 1. The Morgan fingerprint density at radius 1 is 1.50 bits per heavy atom. The van der Waals surface area contributed by atoms with E-state index in [9.17, 15) is 4.79 Å². The van der Waals surface area contributed by atoms with Gasteiger partial charge in [-0.25, -0.2) is 0 Å². The summed E-state index contributed by atoms with van der Waals surface area (Å²) >= 11 is 12.0. The predicted molar refractivity (Wildman–Crippen MR) is 74.1 cm³/mol. The van der Waals surface area contributed by atoms with Gasteiger partial charge < -0.3 is 10.6 Å². The molecular weight excluding hydrogens is 271 g/mol. The highest BCUT2D eigenvalue weighted by Crippen LogP contribution is 2.28. The van der Waals surface area contributed by atoms with Gasteiger partial charge in [0.25, 0.3) is 5.91 Å². The highest BCUT2D eigenvalue weighted by atomic mass is 35.5. The largest absolute Gasteiger partial charge is 0.338 e. The van der Waals surface area contributed by atoms with Crippen molar-refractivity contribution in [1.29, 1.82) is 0 Å². The standard InChI is InChI=1S/C13H16Cl2N2O/c1-8(16)9-5-6-17(7-9)13(18)10-3-2-4-11(14)12(10)15/h2-4,8-9H,5-7,16H2,1H3. The highest BCUT2D eigenvalue weighted by molar-refractivity contribution is 6.43. The van der Waals surface area contributed by atoms with Gasteiger partial charge in [-0.1, -0.05) is 29.3 Å². The van der Waals surface area contributed by atoms with Crippen LogP contribution in [0.3, 0.4) is 0 Å². The Hall–Kier alpha value is -0.770. The molecule has 2 rings (SSSR count). The second-order valence-electron chi connectivity index (χ2n) is 4.76. The van der Waals surface area contributed by atoms with Crippen molar-refractivity contribution in [2.24, 2.45) is 11.7 Å². The lowest BCUT2D eigenvalue weighted by molar-refractivity contribution is 0.0786. The Balaban J connectivity index is 2.16. The molecule has 1 heterocycles. The van der Waals surface area contributed by atoms with Gasteiger partial charge in [-0.05, 0) is 31.4 Å². The van der Waals surface area contributed by atoms with E-state index in [0.29, 0.717) is 28.1 Å². The van der Waals surface area contributed by atoms with Gasteiger partial charge in [-0.15, -0.1) is 0 Å². The van der Waals surface area contributed by atoms with E-state index in [0.717, 1.165) is 13.0 Å². The van der Waals surface area contributed by atoms with Crippen LogP contribution in [-0.2, 0) is 0 Å². The zero-order valence-electron chi connectivity index (χ0n) is 10.2. The lowest BCUT2D eigenvalue weighted by atomic mass is 10.0. The van der Waals surface area contributed by atoms with E-state index < -0.39 is 0 Å². The number of benzene rings is 1. The molecule has 5 heteroatoms. The predicted octanol–water partition coefficient (Wildman–Crippen LogP) is 2.80. The molecule has 1 aromatic rings. The molecule has 0 aliphatic carbocycles. The molecule has 2 atom stereocenters. The molecule has 1 fully saturated rings. The number of amides is 1. The van der Waals surface area contributed by atoms with Crippen LogP contribution in [0, 0.1) is 5.92 Å². The lowest BCUT2D eigenvalue weighted by Gasteiger charge is -2.19. The average molecular weight is 287 g/mol. The van der Waals surface area contributed by atoms with E-state index in [2.05, 4.69) is 0 Å². The topological polar surface area (TPSA) is 46.3 Å². The SMILES string of the molecule is CC(N)C1CCN(C(=O)c2cccc(Cl)c2Cl)C1. The Morgan fingerprint density at radius 2 is 2.22 bits per heavy atom. The van der Waals surface area contributed by atoms with Gasteiger partial charge >= 0.3 is 0 Å². The smallest absolute Gasteiger partial charge is 0.255 e. The fraction of sp³-hybridized carbons (Fsp3) is 0.462. The quantitative estimate of drug-likeness (QED) is 0.909. The summed E-state index contributed by atoms with van der Waals surface area (Å²) in [6, 6.07) is 5.23. The van der Waals surface area contributed by atoms with Gasteiger partial charge in [0.1, 0.15) is 0 Å². The summed E-state index contributed by atoms with van der Waals surface area (Å²) in [6.07, 6.45) is 0.946. The molecule has 2 unspecified atom stereocenters. The number of hydrogen-bond acceptors (Lipinski definition) is 2. The zero-order chi connectivity index (χ0) is 13.3. The molecule has 1 aliphatic rings. The average Bonchev–Trinajstić information content (AvgIpc) is 2.81. The third-order valence-corrected chi connectivity index (χ3v) is 4.26. The Kier molecular flexibility index (Phi) is 4.15. The number of rotatable bonds is 2. The molecule has 1 aliphatic heterocycles. The second kappa shape index (κ2) is 5.47. The van der Waals surface area contributed by atoms with Gasteiger partial charge in [0.15, 0.2) is 0 Å². The van der Waals surface area contributed by atoms with Crippen molar-refractivity contribution in [2.45, 2.75) is 19.4 Å². The highest BCUT2D eigenvalue weighted by Gasteiger charge is 2.29. The van der Waals surface area contributed by atoms with Crippen LogP contribution < -0.4 is 5.73 Å². The minimum atomic E-state index is -0.0642. The zero-order valence-corrected chi connectivity index (χ0v) is 11.7. The van der Waals surface area contributed by atoms with Crippen molar-refractivity contribution >= 4 is 29.1 Å². The Labute approximate surface area is 117 Å². The van der Waals surface area contributed by atoms with Gasteiger partial charge in [-0.3, -0.25) is 4.79 Å². The minimum Gasteiger partial charge on any atom is -0.338 e. The van der Waals surface area contributed by atoms with E-state index in [1.807, 2.05) is 6.92 Å². The summed E-state index contributed by atoms with van der Waals surface area (Å²) < 4.78 is 0. The minimum absolute atomic E-state index is 0.0642. The van der Waals surface area contributed by atoms with Crippen molar-refractivity contribution in [2.75, 3.05) is 13.1 Å². The number of halogens is 2.